The number of rotatable bonds is 6. The maximum atomic E-state index is 12.5. The summed E-state index contributed by atoms with van der Waals surface area (Å²) in [6, 6.07) is 11.5. The highest BCUT2D eigenvalue weighted by Gasteiger charge is 2.27. The Labute approximate surface area is 198 Å². The molecule has 166 valence electrons. The second kappa shape index (κ2) is 9.85. The zero-order valence-electron chi connectivity index (χ0n) is 16.9. The van der Waals surface area contributed by atoms with Gasteiger partial charge in [0.25, 0.3) is 11.6 Å². The summed E-state index contributed by atoms with van der Waals surface area (Å²) in [7, 11) is 0. The zero-order chi connectivity index (χ0) is 22.7. The van der Waals surface area contributed by atoms with Gasteiger partial charge in [-0.05, 0) is 37.1 Å². The first-order valence-electron chi connectivity index (χ1n) is 9.97. The van der Waals surface area contributed by atoms with Crippen molar-refractivity contribution in [3.05, 3.63) is 73.0 Å². The predicted octanol–water partition coefficient (Wildman–Crippen LogP) is 5.81. The van der Waals surface area contributed by atoms with E-state index in [2.05, 4.69) is 4.98 Å². The van der Waals surface area contributed by atoms with E-state index in [0.717, 1.165) is 17.8 Å². The highest BCUT2D eigenvalue weighted by molar-refractivity contribution is 7.10. The third-order valence-corrected chi connectivity index (χ3v) is 6.88. The van der Waals surface area contributed by atoms with Crippen molar-refractivity contribution in [3.63, 3.8) is 0 Å². The van der Waals surface area contributed by atoms with Gasteiger partial charge >= 0.3 is 0 Å². The molecule has 0 saturated carbocycles. The van der Waals surface area contributed by atoms with Crippen molar-refractivity contribution in [3.8, 4) is 17.0 Å². The molecule has 0 spiro atoms. The Morgan fingerprint density at radius 2 is 1.97 bits per heavy atom. The molecule has 2 aromatic carbocycles. The normalized spacial score (nSPS) is 14.4. The highest BCUT2D eigenvalue weighted by atomic mass is 35.5. The van der Waals surface area contributed by atoms with E-state index in [0.29, 0.717) is 40.1 Å². The van der Waals surface area contributed by atoms with Crippen LogP contribution in [-0.4, -0.2) is 40.4 Å². The van der Waals surface area contributed by atoms with Gasteiger partial charge in [0.1, 0.15) is 5.75 Å². The maximum absolute atomic E-state index is 12.5. The van der Waals surface area contributed by atoms with E-state index >= 15 is 0 Å². The van der Waals surface area contributed by atoms with Crippen molar-refractivity contribution < 1.29 is 14.5 Å². The Kier molecular flexibility index (Phi) is 6.93. The zero-order valence-corrected chi connectivity index (χ0v) is 19.2. The molecule has 1 aliphatic heterocycles. The van der Waals surface area contributed by atoms with Crippen molar-refractivity contribution in [1.29, 1.82) is 0 Å². The summed E-state index contributed by atoms with van der Waals surface area (Å²) in [6.45, 7) is 1.11. The van der Waals surface area contributed by atoms with Gasteiger partial charge in [0.15, 0.2) is 6.61 Å². The molecule has 1 aromatic heterocycles. The fraction of sp³-hybridized carbons (Fsp3) is 0.273. The first-order chi connectivity index (χ1) is 15.4. The Hall–Kier alpha value is -2.68. The number of halogens is 2. The van der Waals surface area contributed by atoms with Crippen LogP contribution in [0.25, 0.3) is 11.3 Å². The van der Waals surface area contributed by atoms with E-state index < -0.39 is 4.92 Å². The quantitative estimate of drug-likeness (QED) is 0.320. The van der Waals surface area contributed by atoms with E-state index in [9.17, 15) is 14.9 Å². The second-order valence-electron chi connectivity index (χ2n) is 7.36. The van der Waals surface area contributed by atoms with Gasteiger partial charge < -0.3 is 9.64 Å². The van der Waals surface area contributed by atoms with E-state index in [1.807, 2.05) is 5.38 Å². The van der Waals surface area contributed by atoms with Gasteiger partial charge in [-0.25, -0.2) is 4.98 Å². The number of carbonyl (C=O) groups is 1. The smallest absolute Gasteiger partial charge is 0.278 e. The molecule has 1 saturated heterocycles. The summed E-state index contributed by atoms with van der Waals surface area (Å²) in [5, 5.41) is 15.0. The first kappa shape index (κ1) is 22.5. The molecule has 0 unspecified atom stereocenters. The van der Waals surface area contributed by atoms with Gasteiger partial charge in [-0.1, -0.05) is 35.3 Å². The number of ether oxygens (including phenoxy) is 1. The van der Waals surface area contributed by atoms with E-state index in [1.54, 1.807) is 41.3 Å². The van der Waals surface area contributed by atoms with Crippen LogP contribution in [0.5, 0.6) is 5.75 Å². The van der Waals surface area contributed by atoms with Gasteiger partial charge in [0.05, 0.1) is 26.2 Å². The van der Waals surface area contributed by atoms with Crippen molar-refractivity contribution in [1.82, 2.24) is 9.88 Å². The average Bonchev–Trinajstić information content (AvgIpc) is 3.28. The molecule has 0 N–H and O–H groups in total. The number of para-hydroxylation sites is 1. The van der Waals surface area contributed by atoms with Crippen molar-refractivity contribution in [2.24, 2.45) is 0 Å². The molecule has 1 fully saturated rings. The Balaban J connectivity index is 1.34. The monoisotopic (exact) mass is 491 g/mol. The number of hydrogen-bond donors (Lipinski definition) is 0. The first-order valence-corrected chi connectivity index (χ1v) is 11.6. The molecule has 10 heteroatoms. The molecule has 1 amide bonds. The van der Waals surface area contributed by atoms with Crippen LogP contribution in [-0.2, 0) is 4.79 Å². The minimum absolute atomic E-state index is 0.0468. The van der Waals surface area contributed by atoms with Crippen LogP contribution in [0.3, 0.4) is 0 Å². The summed E-state index contributed by atoms with van der Waals surface area (Å²) in [6.07, 6.45) is 1.55. The second-order valence-corrected chi connectivity index (χ2v) is 9.10. The number of thiazole rings is 1. The number of likely N-dealkylation sites (tertiary alicyclic amines) is 1. The topological polar surface area (TPSA) is 85.6 Å². The van der Waals surface area contributed by atoms with Crippen molar-refractivity contribution >= 4 is 46.1 Å². The predicted molar refractivity (Wildman–Crippen MR) is 125 cm³/mol. The lowest BCUT2D eigenvalue weighted by Crippen LogP contribution is -2.40. The molecular weight excluding hydrogens is 473 g/mol. The fourth-order valence-corrected chi connectivity index (χ4v) is 5.10. The van der Waals surface area contributed by atoms with Crippen LogP contribution in [0.2, 0.25) is 10.0 Å². The van der Waals surface area contributed by atoms with Gasteiger partial charge in [0.2, 0.25) is 0 Å². The van der Waals surface area contributed by atoms with Gasteiger partial charge in [-0.2, -0.15) is 0 Å². The minimum Gasteiger partial charge on any atom is -0.482 e. The number of nitro benzene ring substituents is 1. The maximum Gasteiger partial charge on any atom is 0.278 e. The van der Waals surface area contributed by atoms with Gasteiger partial charge in [-0.3, -0.25) is 14.9 Å². The Morgan fingerprint density at radius 1 is 1.22 bits per heavy atom. The molecule has 0 radical (unpaired) electrons. The number of piperidine rings is 1. The van der Waals surface area contributed by atoms with Crippen molar-refractivity contribution in [2.75, 3.05) is 19.7 Å². The SMILES string of the molecule is O=C(COc1ccc(Cl)cc1Cl)N1CCC(c2nc(-c3ccccc3[N+](=O)[O-])cs2)CC1. The molecule has 1 aliphatic rings. The molecule has 2 heterocycles. The largest absolute Gasteiger partial charge is 0.482 e. The lowest BCUT2D eigenvalue weighted by atomic mass is 9.97. The summed E-state index contributed by atoms with van der Waals surface area (Å²) in [5.74, 6) is 0.533. The average molecular weight is 492 g/mol. The van der Waals surface area contributed by atoms with Gasteiger partial charge in [-0.15, -0.1) is 11.3 Å². The standard InChI is InChI=1S/C22H19Cl2N3O4S/c23-15-5-6-20(17(24)11-15)31-12-21(28)26-9-7-14(8-10-26)22-25-18(13-32-22)16-3-1-2-4-19(16)27(29)30/h1-6,11,13-14H,7-10,12H2. The summed E-state index contributed by atoms with van der Waals surface area (Å²) >= 11 is 13.5. The number of amides is 1. The summed E-state index contributed by atoms with van der Waals surface area (Å²) in [5.41, 5.74) is 1.18. The lowest BCUT2D eigenvalue weighted by Gasteiger charge is -2.31. The molecule has 0 bridgehead atoms. The Morgan fingerprint density at radius 3 is 2.69 bits per heavy atom. The van der Waals surface area contributed by atoms with Crippen LogP contribution >= 0.6 is 34.5 Å². The third-order valence-electron chi connectivity index (χ3n) is 5.34. The molecule has 32 heavy (non-hydrogen) atoms. The minimum atomic E-state index is -0.391. The van der Waals surface area contributed by atoms with E-state index in [4.69, 9.17) is 27.9 Å². The summed E-state index contributed by atoms with van der Waals surface area (Å²) < 4.78 is 5.55. The number of aromatic nitrogens is 1. The molecule has 0 atom stereocenters. The molecule has 7 nitrogen and oxygen atoms in total. The van der Waals surface area contributed by atoms with Crippen LogP contribution in [0.1, 0.15) is 23.8 Å². The lowest BCUT2D eigenvalue weighted by molar-refractivity contribution is -0.384. The van der Waals surface area contributed by atoms with E-state index in [1.165, 1.54) is 17.4 Å². The molecule has 4 rings (SSSR count). The third kappa shape index (κ3) is 5.03. The number of hydrogen-bond acceptors (Lipinski definition) is 6. The van der Waals surface area contributed by atoms with E-state index in [-0.39, 0.29) is 24.1 Å². The van der Waals surface area contributed by atoms with Crippen LogP contribution in [0, 0.1) is 10.1 Å². The summed E-state index contributed by atoms with van der Waals surface area (Å²) in [4.78, 5) is 29.9. The number of nitro groups is 1. The molecule has 3 aromatic rings. The fourth-order valence-electron chi connectivity index (χ4n) is 3.65. The molecular formula is C22H19Cl2N3O4S. The van der Waals surface area contributed by atoms with Gasteiger partial charge in [0, 0.05) is 35.5 Å². The van der Waals surface area contributed by atoms with Crippen molar-refractivity contribution in [2.45, 2.75) is 18.8 Å². The van der Waals surface area contributed by atoms with Crippen LogP contribution < -0.4 is 4.74 Å². The van der Waals surface area contributed by atoms with Crippen LogP contribution in [0.15, 0.2) is 47.8 Å². The number of benzene rings is 2. The highest BCUT2D eigenvalue weighted by Crippen LogP contribution is 2.35. The Bertz CT molecular complexity index is 1150. The number of nitrogens with zero attached hydrogens (tertiary/aromatic N) is 3. The van der Waals surface area contributed by atoms with Crippen LogP contribution in [0.4, 0.5) is 5.69 Å². The molecule has 0 aliphatic carbocycles. The number of carbonyl (C=O) groups excluding carboxylic acids is 1.